The second kappa shape index (κ2) is 7.87. The van der Waals surface area contributed by atoms with E-state index in [4.69, 9.17) is 4.52 Å². The Hall–Kier alpha value is -2.74. The zero-order chi connectivity index (χ0) is 19.6. The number of nitrogens with one attached hydrogen (secondary N) is 2. The van der Waals surface area contributed by atoms with Gasteiger partial charge >= 0.3 is 0 Å². The number of pyridine rings is 1. The molecule has 8 heteroatoms. The zero-order valence-electron chi connectivity index (χ0n) is 15.8. The Balaban J connectivity index is 1.84. The van der Waals surface area contributed by atoms with E-state index in [1.807, 2.05) is 32.9 Å². The zero-order valence-corrected chi connectivity index (χ0v) is 16.6. The van der Waals surface area contributed by atoms with Crippen molar-refractivity contribution >= 4 is 34.3 Å². The molecule has 2 amide bonds. The second-order valence-electron chi connectivity index (χ2n) is 6.64. The minimum absolute atomic E-state index is 0.0736. The summed E-state index contributed by atoms with van der Waals surface area (Å²) < 4.78 is 5.29. The van der Waals surface area contributed by atoms with E-state index in [-0.39, 0.29) is 30.8 Å². The van der Waals surface area contributed by atoms with Crippen molar-refractivity contribution in [1.82, 2.24) is 20.8 Å². The van der Waals surface area contributed by atoms with E-state index in [1.54, 1.807) is 24.3 Å². The van der Waals surface area contributed by atoms with Crippen LogP contribution in [-0.2, 0) is 4.79 Å². The summed E-state index contributed by atoms with van der Waals surface area (Å²) in [7, 11) is 0. The summed E-state index contributed by atoms with van der Waals surface area (Å²) in [6, 6.07) is 5.80. The molecule has 0 aliphatic carbocycles. The summed E-state index contributed by atoms with van der Waals surface area (Å²) >= 11 is 1.59. The van der Waals surface area contributed by atoms with Gasteiger partial charge in [-0.3, -0.25) is 9.59 Å². The van der Waals surface area contributed by atoms with E-state index in [0.29, 0.717) is 28.1 Å². The van der Waals surface area contributed by atoms with Crippen LogP contribution in [0.15, 0.2) is 22.7 Å². The molecule has 0 saturated heterocycles. The minimum Gasteiger partial charge on any atom is -0.354 e. The smallest absolute Gasteiger partial charge is 0.259 e. The van der Waals surface area contributed by atoms with E-state index in [0.717, 1.165) is 9.75 Å². The maximum absolute atomic E-state index is 12.8. The molecule has 0 aliphatic rings. The third kappa shape index (κ3) is 4.33. The van der Waals surface area contributed by atoms with Gasteiger partial charge < -0.3 is 15.2 Å². The maximum atomic E-state index is 12.8. The van der Waals surface area contributed by atoms with Crippen molar-refractivity contribution in [1.29, 1.82) is 0 Å². The van der Waals surface area contributed by atoms with Crippen LogP contribution in [0.3, 0.4) is 0 Å². The topological polar surface area (TPSA) is 97.1 Å². The summed E-state index contributed by atoms with van der Waals surface area (Å²) in [5.41, 5.74) is 2.05. The average molecular weight is 386 g/mol. The van der Waals surface area contributed by atoms with Crippen molar-refractivity contribution in [3.8, 4) is 10.6 Å². The first-order chi connectivity index (χ1) is 12.8. The lowest BCUT2D eigenvalue weighted by Crippen LogP contribution is -2.34. The van der Waals surface area contributed by atoms with E-state index < -0.39 is 0 Å². The Morgan fingerprint density at radius 1 is 1.26 bits per heavy atom. The number of fused-ring (bicyclic) bond motifs is 1. The van der Waals surface area contributed by atoms with Crippen molar-refractivity contribution in [3.63, 3.8) is 0 Å². The fourth-order valence-electron chi connectivity index (χ4n) is 2.75. The molecule has 3 aromatic rings. The fourth-order valence-corrected chi connectivity index (χ4v) is 3.58. The second-order valence-corrected chi connectivity index (χ2v) is 7.93. The van der Waals surface area contributed by atoms with E-state index >= 15 is 0 Å². The predicted molar refractivity (Wildman–Crippen MR) is 105 cm³/mol. The van der Waals surface area contributed by atoms with Gasteiger partial charge in [-0.25, -0.2) is 4.98 Å². The molecule has 2 N–H and O–H groups in total. The van der Waals surface area contributed by atoms with Gasteiger partial charge in [-0.1, -0.05) is 5.16 Å². The average Bonchev–Trinajstić information content (AvgIpc) is 3.19. The molecule has 0 aromatic carbocycles. The Labute approximate surface area is 161 Å². The van der Waals surface area contributed by atoms with Crippen molar-refractivity contribution in [2.24, 2.45) is 0 Å². The molecule has 0 bridgehead atoms. The van der Waals surface area contributed by atoms with Gasteiger partial charge in [0.05, 0.1) is 27.2 Å². The van der Waals surface area contributed by atoms with Gasteiger partial charge in [-0.2, -0.15) is 0 Å². The minimum atomic E-state index is -0.277. The molecule has 0 fully saturated rings. The first-order valence-corrected chi connectivity index (χ1v) is 9.58. The standard InChI is InChI=1S/C19H22N4O3S/c1-10(2)21-16(24)7-8-20-18(25)13-9-14(15-6-5-11(3)27-15)22-19-17(13)12(4)23-26-19/h5-6,9-10H,7-8H2,1-4H3,(H,20,25)(H,21,24). The van der Waals surface area contributed by atoms with Crippen LogP contribution >= 0.6 is 11.3 Å². The molecule has 0 atom stereocenters. The summed E-state index contributed by atoms with van der Waals surface area (Å²) in [5, 5.41) is 10.1. The number of thiophene rings is 1. The lowest BCUT2D eigenvalue weighted by molar-refractivity contribution is -0.121. The van der Waals surface area contributed by atoms with Crippen LogP contribution in [0, 0.1) is 13.8 Å². The highest BCUT2D eigenvalue weighted by molar-refractivity contribution is 7.15. The highest BCUT2D eigenvalue weighted by atomic mass is 32.1. The van der Waals surface area contributed by atoms with Gasteiger partial charge in [0.25, 0.3) is 11.6 Å². The summed E-state index contributed by atoms with van der Waals surface area (Å²) in [5.74, 6) is -0.373. The van der Waals surface area contributed by atoms with E-state index in [9.17, 15) is 9.59 Å². The number of aryl methyl sites for hydroxylation is 2. The third-order valence-electron chi connectivity index (χ3n) is 3.94. The molecule has 27 heavy (non-hydrogen) atoms. The van der Waals surface area contributed by atoms with E-state index in [1.165, 1.54) is 0 Å². The molecular weight excluding hydrogens is 364 g/mol. The number of carbonyl (C=O) groups excluding carboxylic acids is 2. The van der Waals surface area contributed by atoms with Crippen LogP contribution < -0.4 is 10.6 Å². The molecule has 142 valence electrons. The van der Waals surface area contributed by atoms with Gasteiger partial charge in [0.1, 0.15) is 0 Å². The van der Waals surface area contributed by atoms with Gasteiger partial charge in [-0.15, -0.1) is 11.3 Å². The maximum Gasteiger partial charge on any atom is 0.259 e. The molecular formula is C19H22N4O3S. The Morgan fingerprint density at radius 2 is 2.04 bits per heavy atom. The summed E-state index contributed by atoms with van der Waals surface area (Å²) in [6.45, 7) is 7.83. The number of hydrogen-bond donors (Lipinski definition) is 2. The number of rotatable bonds is 6. The Bertz CT molecular complexity index is 990. The third-order valence-corrected chi connectivity index (χ3v) is 4.97. The van der Waals surface area contributed by atoms with Crippen LogP contribution in [0.5, 0.6) is 0 Å². The van der Waals surface area contributed by atoms with E-state index in [2.05, 4.69) is 20.8 Å². The largest absolute Gasteiger partial charge is 0.354 e. The molecule has 0 unspecified atom stereocenters. The first kappa shape index (κ1) is 19.0. The van der Waals surface area contributed by atoms with Crippen molar-refractivity contribution in [2.75, 3.05) is 6.54 Å². The highest BCUT2D eigenvalue weighted by Gasteiger charge is 2.20. The summed E-state index contributed by atoms with van der Waals surface area (Å²) in [6.07, 6.45) is 0.220. The molecule has 0 spiro atoms. The Morgan fingerprint density at radius 3 is 2.70 bits per heavy atom. The molecule has 7 nitrogen and oxygen atoms in total. The number of amides is 2. The molecule has 3 rings (SSSR count). The normalized spacial score (nSPS) is 11.1. The van der Waals surface area contributed by atoms with Crippen LogP contribution in [0.2, 0.25) is 0 Å². The number of hydrogen-bond acceptors (Lipinski definition) is 6. The van der Waals surface area contributed by atoms with Crippen molar-refractivity contribution in [2.45, 2.75) is 40.2 Å². The predicted octanol–water partition coefficient (Wildman–Crippen LogP) is 3.21. The number of nitrogens with zero attached hydrogens (tertiary/aromatic N) is 2. The quantitative estimate of drug-likeness (QED) is 0.678. The number of carbonyl (C=O) groups is 2. The van der Waals surface area contributed by atoms with Gasteiger partial charge in [-0.05, 0) is 45.9 Å². The lowest BCUT2D eigenvalue weighted by atomic mass is 10.1. The SMILES string of the molecule is Cc1ccc(-c2cc(C(=O)NCCC(=O)NC(C)C)c3c(C)noc3n2)s1. The van der Waals surface area contributed by atoms with Crippen LogP contribution in [0.25, 0.3) is 21.7 Å². The number of aromatic nitrogens is 2. The molecule has 0 saturated carbocycles. The Kier molecular flexibility index (Phi) is 5.55. The van der Waals surface area contributed by atoms with Gasteiger partial charge in [0.15, 0.2) is 0 Å². The highest BCUT2D eigenvalue weighted by Crippen LogP contribution is 2.30. The monoisotopic (exact) mass is 386 g/mol. The molecule has 3 heterocycles. The van der Waals surface area contributed by atoms with Gasteiger partial charge in [0.2, 0.25) is 5.91 Å². The molecule has 0 radical (unpaired) electrons. The van der Waals surface area contributed by atoms with Crippen molar-refractivity contribution < 1.29 is 14.1 Å². The lowest BCUT2D eigenvalue weighted by Gasteiger charge is -2.10. The van der Waals surface area contributed by atoms with Crippen LogP contribution in [-0.4, -0.2) is 34.5 Å². The summed E-state index contributed by atoms with van der Waals surface area (Å²) in [4.78, 5) is 31.1. The van der Waals surface area contributed by atoms with Crippen LogP contribution in [0.4, 0.5) is 0 Å². The molecule has 0 aliphatic heterocycles. The van der Waals surface area contributed by atoms with Crippen molar-refractivity contribution in [3.05, 3.63) is 34.3 Å². The van der Waals surface area contributed by atoms with Crippen LogP contribution in [0.1, 0.15) is 41.2 Å². The molecule has 3 aromatic heterocycles. The fraction of sp³-hybridized carbons (Fsp3) is 0.368. The van der Waals surface area contributed by atoms with Gasteiger partial charge in [0, 0.05) is 23.9 Å². The first-order valence-electron chi connectivity index (χ1n) is 8.76.